The molecule has 8 heteroatoms. The van der Waals surface area contributed by atoms with Crippen molar-refractivity contribution in [2.24, 2.45) is 0 Å². The second kappa shape index (κ2) is 6.38. The number of sulfonamides is 1. The molecule has 2 aromatic rings. The van der Waals surface area contributed by atoms with Crippen molar-refractivity contribution in [3.05, 3.63) is 50.7 Å². The van der Waals surface area contributed by atoms with E-state index in [0.29, 0.717) is 35.1 Å². The Morgan fingerprint density at radius 1 is 1.33 bits per heavy atom. The average Bonchev–Trinajstić information content (AvgIpc) is 3.11. The molecule has 0 saturated carbocycles. The predicted octanol–water partition coefficient (Wildman–Crippen LogP) is 3.00. The molecule has 0 atom stereocenters. The summed E-state index contributed by atoms with van der Waals surface area (Å²) in [6.07, 6.45) is 1.81. The lowest BCUT2D eigenvalue weighted by Gasteiger charge is -2.18. The Bertz CT molecular complexity index is 892. The first-order valence-electron chi connectivity index (χ1n) is 7.36. The minimum atomic E-state index is -3.28. The van der Waals surface area contributed by atoms with Gasteiger partial charge in [0, 0.05) is 24.0 Å². The van der Waals surface area contributed by atoms with Gasteiger partial charge in [-0.3, -0.25) is 9.10 Å². The Morgan fingerprint density at radius 3 is 2.71 bits per heavy atom. The summed E-state index contributed by atoms with van der Waals surface area (Å²) in [6.45, 7) is 0.915. The Morgan fingerprint density at radius 2 is 2.08 bits per heavy atom. The lowest BCUT2D eigenvalue weighted by molar-refractivity contribution is 0.0786. The van der Waals surface area contributed by atoms with Crippen LogP contribution in [0, 0.1) is 0 Å². The number of nitrogens with zero attached hydrogens (tertiary/aromatic N) is 2. The van der Waals surface area contributed by atoms with Crippen LogP contribution in [0.25, 0.3) is 0 Å². The number of anilines is 1. The molecule has 0 aliphatic carbocycles. The molecule has 0 fully saturated rings. The largest absolute Gasteiger partial charge is 0.337 e. The second-order valence-corrected chi connectivity index (χ2v) is 9.50. The van der Waals surface area contributed by atoms with Crippen molar-refractivity contribution in [3.8, 4) is 0 Å². The molecule has 0 radical (unpaired) electrons. The maximum absolute atomic E-state index is 12.6. The number of halogens is 1. The highest BCUT2D eigenvalue weighted by Crippen LogP contribution is 2.31. The van der Waals surface area contributed by atoms with Gasteiger partial charge < -0.3 is 4.90 Å². The molecule has 0 N–H and O–H groups in total. The van der Waals surface area contributed by atoms with Crippen LogP contribution >= 0.6 is 22.9 Å². The molecule has 1 aromatic heterocycles. The van der Waals surface area contributed by atoms with Crippen molar-refractivity contribution < 1.29 is 13.2 Å². The number of carbonyl (C=O) groups is 1. The van der Waals surface area contributed by atoms with Crippen molar-refractivity contribution in [2.45, 2.75) is 13.0 Å². The molecule has 1 aliphatic heterocycles. The molecule has 24 heavy (non-hydrogen) atoms. The standard InChI is InChI=1S/C16H17ClN2O3S2/c1-18(10-13-4-6-15(17)23-13)16(20)12-3-5-14-11(9-12)7-8-19(14)24(2,21)22/h3-6,9H,7-8,10H2,1-2H3. The van der Waals surface area contributed by atoms with Crippen molar-refractivity contribution in [2.75, 3.05) is 24.2 Å². The fourth-order valence-electron chi connectivity index (χ4n) is 2.81. The molecule has 0 saturated heterocycles. The van der Waals surface area contributed by atoms with Crippen LogP contribution in [0.2, 0.25) is 4.34 Å². The molecular weight excluding hydrogens is 368 g/mol. The van der Waals surface area contributed by atoms with Crippen molar-refractivity contribution in [3.63, 3.8) is 0 Å². The molecule has 0 bridgehead atoms. The van der Waals surface area contributed by atoms with Gasteiger partial charge in [-0.2, -0.15) is 0 Å². The molecule has 128 valence electrons. The third-order valence-electron chi connectivity index (χ3n) is 3.95. The van der Waals surface area contributed by atoms with E-state index >= 15 is 0 Å². The van der Waals surface area contributed by atoms with E-state index in [1.807, 2.05) is 12.1 Å². The molecule has 0 unspecified atom stereocenters. The first-order valence-corrected chi connectivity index (χ1v) is 10.4. The summed E-state index contributed by atoms with van der Waals surface area (Å²) in [4.78, 5) is 15.2. The van der Waals surface area contributed by atoms with Gasteiger partial charge in [-0.15, -0.1) is 11.3 Å². The summed E-state index contributed by atoms with van der Waals surface area (Å²) in [5.41, 5.74) is 2.12. The van der Waals surface area contributed by atoms with Gasteiger partial charge in [-0.05, 0) is 42.3 Å². The number of fused-ring (bicyclic) bond motifs is 1. The zero-order valence-electron chi connectivity index (χ0n) is 13.3. The van der Waals surface area contributed by atoms with Crippen LogP contribution in [0.3, 0.4) is 0 Å². The number of carbonyl (C=O) groups excluding carboxylic acids is 1. The van der Waals surface area contributed by atoms with E-state index in [0.717, 1.165) is 10.4 Å². The molecule has 1 amide bonds. The molecule has 1 aromatic carbocycles. The van der Waals surface area contributed by atoms with E-state index in [-0.39, 0.29) is 5.91 Å². The van der Waals surface area contributed by atoms with Crippen LogP contribution in [-0.4, -0.2) is 39.1 Å². The summed E-state index contributed by atoms with van der Waals surface area (Å²) in [5, 5.41) is 0. The lowest BCUT2D eigenvalue weighted by Crippen LogP contribution is -2.27. The van der Waals surface area contributed by atoms with Crippen molar-refractivity contribution in [1.29, 1.82) is 0 Å². The number of amides is 1. The fourth-order valence-corrected chi connectivity index (χ4v) is 4.91. The van der Waals surface area contributed by atoms with E-state index in [2.05, 4.69) is 0 Å². The Hall–Kier alpha value is -1.57. The summed E-state index contributed by atoms with van der Waals surface area (Å²) in [6, 6.07) is 8.91. The lowest BCUT2D eigenvalue weighted by atomic mass is 10.1. The summed E-state index contributed by atoms with van der Waals surface area (Å²) in [7, 11) is -1.53. The van der Waals surface area contributed by atoms with Gasteiger partial charge >= 0.3 is 0 Å². The van der Waals surface area contributed by atoms with Crippen LogP contribution < -0.4 is 4.31 Å². The first-order chi connectivity index (χ1) is 11.3. The zero-order valence-corrected chi connectivity index (χ0v) is 15.7. The van der Waals surface area contributed by atoms with Gasteiger partial charge in [0.15, 0.2) is 0 Å². The van der Waals surface area contributed by atoms with Gasteiger partial charge in [0.05, 0.1) is 22.8 Å². The van der Waals surface area contributed by atoms with Crippen molar-refractivity contribution >= 4 is 44.6 Å². The van der Waals surface area contributed by atoms with Crippen LogP contribution in [0.15, 0.2) is 30.3 Å². The SMILES string of the molecule is CN(Cc1ccc(Cl)s1)C(=O)c1ccc2c(c1)CCN2S(C)(=O)=O. The number of benzene rings is 1. The maximum atomic E-state index is 12.6. The topological polar surface area (TPSA) is 57.7 Å². The zero-order chi connectivity index (χ0) is 17.5. The molecule has 5 nitrogen and oxygen atoms in total. The van der Waals surface area contributed by atoms with Gasteiger partial charge in [-0.25, -0.2) is 8.42 Å². The van der Waals surface area contributed by atoms with E-state index in [1.54, 1.807) is 30.1 Å². The van der Waals surface area contributed by atoms with E-state index in [1.165, 1.54) is 21.9 Å². The van der Waals surface area contributed by atoms with Gasteiger partial charge in [0.1, 0.15) is 0 Å². The maximum Gasteiger partial charge on any atom is 0.253 e. The summed E-state index contributed by atoms with van der Waals surface area (Å²) >= 11 is 7.37. The van der Waals surface area contributed by atoms with Gasteiger partial charge in [0.2, 0.25) is 10.0 Å². The minimum absolute atomic E-state index is 0.0971. The van der Waals surface area contributed by atoms with E-state index in [9.17, 15) is 13.2 Å². The molecule has 2 heterocycles. The highest BCUT2D eigenvalue weighted by atomic mass is 35.5. The molecule has 1 aliphatic rings. The smallest absolute Gasteiger partial charge is 0.253 e. The summed E-state index contributed by atoms with van der Waals surface area (Å²) < 4.78 is 25.6. The third kappa shape index (κ3) is 3.43. The number of hydrogen-bond donors (Lipinski definition) is 0. The first kappa shape index (κ1) is 17.3. The van der Waals surface area contributed by atoms with Crippen molar-refractivity contribution in [1.82, 2.24) is 4.90 Å². The van der Waals surface area contributed by atoms with Gasteiger partial charge in [0.25, 0.3) is 5.91 Å². The fraction of sp³-hybridized carbons (Fsp3) is 0.312. The van der Waals surface area contributed by atoms with E-state index < -0.39 is 10.0 Å². The normalized spacial score (nSPS) is 13.9. The van der Waals surface area contributed by atoms with Crippen LogP contribution in [0.5, 0.6) is 0 Å². The number of hydrogen-bond acceptors (Lipinski definition) is 4. The molecule has 3 rings (SSSR count). The highest BCUT2D eigenvalue weighted by Gasteiger charge is 2.27. The summed E-state index contributed by atoms with van der Waals surface area (Å²) in [5.74, 6) is -0.0971. The predicted molar refractivity (Wildman–Crippen MR) is 97.5 cm³/mol. The molecular formula is C16H17ClN2O3S2. The van der Waals surface area contributed by atoms with Gasteiger partial charge in [-0.1, -0.05) is 11.6 Å². The monoisotopic (exact) mass is 384 g/mol. The number of rotatable bonds is 4. The highest BCUT2D eigenvalue weighted by molar-refractivity contribution is 7.92. The Balaban J connectivity index is 1.79. The minimum Gasteiger partial charge on any atom is -0.337 e. The quantitative estimate of drug-likeness (QED) is 0.814. The number of thiophene rings is 1. The van der Waals surface area contributed by atoms with Crippen LogP contribution in [0.1, 0.15) is 20.8 Å². The van der Waals surface area contributed by atoms with E-state index in [4.69, 9.17) is 11.6 Å². The average molecular weight is 385 g/mol. The third-order valence-corrected chi connectivity index (χ3v) is 6.34. The Labute approximate surface area is 150 Å². The van der Waals surface area contributed by atoms with Crippen LogP contribution in [-0.2, 0) is 23.0 Å². The Kier molecular flexibility index (Phi) is 4.59. The van der Waals surface area contributed by atoms with Crippen LogP contribution in [0.4, 0.5) is 5.69 Å². The molecule has 0 spiro atoms. The second-order valence-electron chi connectivity index (χ2n) is 5.80.